The molecule has 0 radical (unpaired) electrons. The van der Waals surface area contributed by atoms with Crippen LogP contribution in [0.25, 0.3) is 64.6 Å². The molecule has 0 aliphatic carbocycles. The SMILES string of the molecule is Cc1ccc(N(c2ccc(C)cc2)c2c3ccccc3c(N(c3ccc(C)cc3)c3c4ccccc4c(N(c4ccc(C)cc4)c4c5ccccc5c(N(c5ccc(C)cc5)c5ccc(C)cc5)c5ccccc45)c4ccccc34)c3ccccc23)cc1. The monoisotopic (exact) mass is 1130 g/mol. The zero-order chi connectivity index (χ0) is 59.6. The molecule has 0 fully saturated rings. The fourth-order valence-electron chi connectivity index (χ4n) is 13.4. The summed E-state index contributed by atoms with van der Waals surface area (Å²) < 4.78 is 0. The van der Waals surface area contributed by atoms with Crippen molar-refractivity contribution in [3.63, 3.8) is 0 Å². The van der Waals surface area contributed by atoms with Crippen LogP contribution in [0.2, 0.25) is 0 Å². The second kappa shape index (κ2) is 22.2. The van der Waals surface area contributed by atoms with E-state index in [2.05, 4.69) is 352 Å². The Bertz CT molecular complexity index is 4540. The summed E-state index contributed by atoms with van der Waals surface area (Å²) in [5, 5.41) is 13.7. The summed E-state index contributed by atoms with van der Waals surface area (Å²) in [7, 11) is 0. The first-order valence-corrected chi connectivity index (χ1v) is 30.6. The van der Waals surface area contributed by atoms with E-state index < -0.39 is 0 Å². The smallest absolute Gasteiger partial charge is 0.0620 e. The van der Waals surface area contributed by atoms with Crippen molar-refractivity contribution in [2.75, 3.05) is 19.6 Å². The highest BCUT2D eigenvalue weighted by Crippen LogP contribution is 2.58. The van der Waals surface area contributed by atoms with Crippen molar-refractivity contribution >= 4 is 133 Å². The van der Waals surface area contributed by atoms with E-state index in [0.717, 1.165) is 133 Å². The molecule has 15 aromatic carbocycles. The minimum absolute atomic E-state index is 1.07. The molecular weight excluding hydrogens is 1060 g/mol. The van der Waals surface area contributed by atoms with Crippen LogP contribution in [0.5, 0.6) is 0 Å². The molecule has 0 bridgehead atoms. The third-order valence-corrected chi connectivity index (χ3v) is 17.7. The van der Waals surface area contributed by atoms with Crippen LogP contribution in [0.15, 0.2) is 291 Å². The predicted molar refractivity (Wildman–Crippen MR) is 379 cm³/mol. The largest absolute Gasteiger partial charge is 0.309 e. The minimum atomic E-state index is 1.07. The van der Waals surface area contributed by atoms with Crippen molar-refractivity contribution in [2.24, 2.45) is 0 Å². The van der Waals surface area contributed by atoms with Crippen molar-refractivity contribution in [1.82, 2.24) is 0 Å². The van der Waals surface area contributed by atoms with Crippen LogP contribution in [0.1, 0.15) is 33.4 Å². The average molecular weight is 1130 g/mol. The van der Waals surface area contributed by atoms with Gasteiger partial charge in [-0.25, -0.2) is 0 Å². The van der Waals surface area contributed by atoms with Crippen LogP contribution in [0.4, 0.5) is 68.2 Å². The van der Waals surface area contributed by atoms with E-state index in [1.807, 2.05) is 0 Å². The van der Waals surface area contributed by atoms with E-state index >= 15 is 0 Å². The molecule has 0 heterocycles. The first-order chi connectivity index (χ1) is 43.2. The summed E-state index contributed by atoms with van der Waals surface area (Å²) in [6.45, 7) is 13.0. The minimum Gasteiger partial charge on any atom is -0.309 e. The maximum Gasteiger partial charge on any atom is 0.0620 e. The van der Waals surface area contributed by atoms with Gasteiger partial charge in [-0.15, -0.1) is 0 Å². The number of anilines is 12. The number of nitrogens with zero attached hydrogens (tertiary/aromatic N) is 4. The Kier molecular flexibility index (Phi) is 13.5. The fraction of sp³-hybridized carbons (Fsp3) is 0.0714. The molecule has 15 rings (SSSR count). The molecule has 0 N–H and O–H groups in total. The maximum atomic E-state index is 2.59. The number of fused-ring (bicyclic) bond motifs is 6. The number of benzene rings is 15. The lowest BCUT2D eigenvalue weighted by molar-refractivity contribution is 1.28. The molecule has 0 atom stereocenters. The molecule has 0 aliphatic rings. The van der Waals surface area contributed by atoms with Crippen LogP contribution in [-0.4, -0.2) is 0 Å². The third kappa shape index (κ3) is 9.24. The standard InChI is InChI=1S/C84H66N4/c1-55-31-43-61(44-32-55)85(62-45-33-56(2)34-46-62)79-67-19-7-11-23-71(67)81(72-24-12-8-20-68(72)79)87(65-51-39-59(5)40-52-65)83-75-27-15-17-29-77(75)84(78-30-18-16-28-76(78)83)88(66-53-41-60(6)42-54-66)82-73-25-13-9-21-69(73)80(70-22-10-14-26-74(70)82)86(63-47-35-57(3)36-48-63)64-49-37-58(4)38-50-64/h7-54H,1-6H3. The quantitative estimate of drug-likeness (QED) is 0.0893. The summed E-state index contributed by atoms with van der Waals surface area (Å²) in [4.78, 5) is 10.1. The molecule has 4 heteroatoms. The van der Waals surface area contributed by atoms with Gasteiger partial charge >= 0.3 is 0 Å². The molecular formula is C84H66N4. The van der Waals surface area contributed by atoms with Gasteiger partial charge in [-0.2, -0.15) is 0 Å². The van der Waals surface area contributed by atoms with Crippen molar-refractivity contribution in [2.45, 2.75) is 41.5 Å². The third-order valence-electron chi connectivity index (χ3n) is 17.7. The molecule has 4 nitrogen and oxygen atoms in total. The normalized spacial score (nSPS) is 11.5. The Morgan fingerprint density at radius 2 is 0.250 bits per heavy atom. The van der Waals surface area contributed by atoms with Crippen LogP contribution in [-0.2, 0) is 0 Å². The van der Waals surface area contributed by atoms with Crippen LogP contribution >= 0.6 is 0 Å². The molecule has 422 valence electrons. The van der Waals surface area contributed by atoms with Gasteiger partial charge in [0.05, 0.1) is 34.1 Å². The zero-order valence-corrected chi connectivity index (χ0v) is 50.5. The first-order valence-electron chi connectivity index (χ1n) is 30.6. The summed E-state index contributed by atoms with van der Waals surface area (Å²) in [6, 6.07) is 109. The molecule has 15 aromatic rings. The molecule has 0 aromatic heterocycles. The highest BCUT2D eigenvalue weighted by molar-refractivity contribution is 6.31. The van der Waals surface area contributed by atoms with Crippen molar-refractivity contribution in [1.29, 1.82) is 0 Å². The van der Waals surface area contributed by atoms with Gasteiger partial charge in [0, 0.05) is 98.8 Å². The van der Waals surface area contributed by atoms with E-state index in [1.165, 1.54) is 33.4 Å². The van der Waals surface area contributed by atoms with E-state index in [0.29, 0.717) is 0 Å². The molecule has 0 spiro atoms. The number of rotatable bonds is 12. The van der Waals surface area contributed by atoms with Gasteiger partial charge in [-0.05, 0) is 114 Å². The van der Waals surface area contributed by atoms with Gasteiger partial charge in [-0.1, -0.05) is 252 Å². The summed E-state index contributed by atoms with van der Waals surface area (Å²) >= 11 is 0. The summed E-state index contributed by atoms with van der Waals surface area (Å²) in [5.74, 6) is 0. The topological polar surface area (TPSA) is 13.0 Å². The van der Waals surface area contributed by atoms with Gasteiger partial charge < -0.3 is 19.6 Å². The molecule has 88 heavy (non-hydrogen) atoms. The van der Waals surface area contributed by atoms with Crippen LogP contribution < -0.4 is 19.6 Å². The molecule has 0 amide bonds. The summed E-state index contributed by atoms with van der Waals surface area (Å²) in [6.07, 6.45) is 0. The number of aryl methyl sites for hydroxylation is 6. The second-order valence-electron chi connectivity index (χ2n) is 23.7. The maximum absolute atomic E-state index is 2.59. The first kappa shape index (κ1) is 53.8. The zero-order valence-electron chi connectivity index (χ0n) is 50.5. The van der Waals surface area contributed by atoms with Crippen LogP contribution in [0.3, 0.4) is 0 Å². The van der Waals surface area contributed by atoms with Gasteiger partial charge in [0.25, 0.3) is 0 Å². The number of hydrogen-bond donors (Lipinski definition) is 0. The molecule has 0 unspecified atom stereocenters. The van der Waals surface area contributed by atoms with Crippen LogP contribution in [0, 0.1) is 41.5 Å². The van der Waals surface area contributed by atoms with E-state index in [9.17, 15) is 0 Å². The highest BCUT2D eigenvalue weighted by Gasteiger charge is 2.32. The van der Waals surface area contributed by atoms with E-state index in [-0.39, 0.29) is 0 Å². The van der Waals surface area contributed by atoms with Gasteiger partial charge in [0.1, 0.15) is 0 Å². The Balaban J connectivity index is 1.05. The molecule has 0 aliphatic heterocycles. The lowest BCUT2D eigenvalue weighted by Crippen LogP contribution is -2.17. The fourth-order valence-corrected chi connectivity index (χ4v) is 13.4. The Labute approximate surface area is 515 Å². The lowest BCUT2D eigenvalue weighted by atomic mass is 9.91. The predicted octanol–water partition coefficient (Wildman–Crippen LogP) is 24.3. The molecule has 0 saturated carbocycles. The Morgan fingerprint density at radius 1 is 0.136 bits per heavy atom. The van der Waals surface area contributed by atoms with E-state index in [1.54, 1.807) is 0 Å². The van der Waals surface area contributed by atoms with Crippen molar-refractivity contribution in [3.05, 3.63) is 325 Å². The van der Waals surface area contributed by atoms with Crippen molar-refractivity contribution in [3.8, 4) is 0 Å². The highest BCUT2D eigenvalue weighted by atomic mass is 15.2. The van der Waals surface area contributed by atoms with E-state index in [4.69, 9.17) is 0 Å². The Hall–Kier alpha value is -10.9. The molecule has 0 saturated heterocycles. The second-order valence-corrected chi connectivity index (χ2v) is 23.7. The van der Waals surface area contributed by atoms with Gasteiger partial charge in [0.2, 0.25) is 0 Å². The average Bonchev–Trinajstić information content (AvgIpc) is 0.871. The van der Waals surface area contributed by atoms with Gasteiger partial charge in [-0.3, -0.25) is 0 Å². The van der Waals surface area contributed by atoms with Gasteiger partial charge in [0.15, 0.2) is 0 Å². The summed E-state index contributed by atoms with van der Waals surface area (Å²) in [5.41, 5.74) is 20.5. The lowest BCUT2D eigenvalue weighted by Gasteiger charge is -2.36. The Morgan fingerprint density at radius 3 is 0.386 bits per heavy atom. The van der Waals surface area contributed by atoms with Crippen molar-refractivity contribution < 1.29 is 0 Å². The number of hydrogen-bond acceptors (Lipinski definition) is 4.